The minimum absolute atomic E-state index is 1.19. The molecule has 1 nitrogen and oxygen atoms in total. The molecule has 0 spiro atoms. The molecule has 29 heavy (non-hydrogen) atoms. The average molecular weight is 369 g/mol. The van der Waals surface area contributed by atoms with Gasteiger partial charge in [-0.05, 0) is 46.2 Å². The molecule has 0 saturated heterocycles. The molecule has 0 fully saturated rings. The van der Waals surface area contributed by atoms with E-state index in [4.69, 9.17) is 0 Å². The number of fused-ring (bicyclic) bond motifs is 5. The second-order valence-electron chi connectivity index (χ2n) is 7.45. The van der Waals surface area contributed by atoms with Crippen molar-refractivity contribution in [2.24, 2.45) is 0 Å². The summed E-state index contributed by atoms with van der Waals surface area (Å²) in [4.78, 5) is 0. The van der Waals surface area contributed by atoms with E-state index in [1.807, 2.05) is 0 Å². The minimum atomic E-state index is 1.19. The molecule has 0 aliphatic rings. The zero-order valence-corrected chi connectivity index (χ0v) is 15.9. The molecule has 0 N–H and O–H groups in total. The molecular weight excluding hydrogens is 350 g/mol. The Morgan fingerprint density at radius 3 is 1.90 bits per heavy atom. The molecule has 0 radical (unpaired) electrons. The predicted octanol–water partition coefficient (Wildman–Crippen LogP) is 7.60. The monoisotopic (exact) mass is 369 g/mol. The summed E-state index contributed by atoms with van der Waals surface area (Å²) in [5.74, 6) is 0. The molecule has 1 heteroatoms. The van der Waals surface area contributed by atoms with Crippen LogP contribution in [0.4, 0.5) is 0 Å². The first-order valence-electron chi connectivity index (χ1n) is 9.97. The molecule has 0 saturated carbocycles. The first kappa shape index (κ1) is 16.1. The van der Waals surface area contributed by atoms with Crippen molar-refractivity contribution < 1.29 is 0 Å². The first-order valence-corrected chi connectivity index (χ1v) is 9.97. The Hall–Kier alpha value is -3.84. The van der Waals surface area contributed by atoms with Crippen LogP contribution < -0.4 is 0 Å². The quantitative estimate of drug-likeness (QED) is 0.296. The molecule has 6 aromatic rings. The highest BCUT2D eigenvalue weighted by molar-refractivity contribution is 6.21. The Balaban J connectivity index is 1.64. The summed E-state index contributed by atoms with van der Waals surface area (Å²) in [7, 11) is 0. The van der Waals surface area contributed by atoms with Crippen molar-refractivity contribution in [2.75, 3.05) is 0 Å². The summed E-state index contributed by atoms with van der Waals surface area (Å²) in [5.41, 5.74) is 6.16. The highest BCUT2D eigenvalue weighted by Crippen LogP contribution is 2.36. The lowest BCUT2D eigenvalue weighted by Gasteiger charge is -2.10. The SMILES string of the molecule is c1ccc(-c2ccc(-n3c4ccccc4c4c5ccccc5ccc43)cc2)cc1. The van der Waals surface area contributed by atoms with Gasteiger partial charge in [0.25, 0.3) is 0 Å². The normalized spacial score (nSPS) is 11.4. The van der Waals surface area contributed by atoms with Crippen LogP contribution in [0, 0.1) is 0 Å². The van der Waals surface area contributed by atoms with Crippen molar-refractivity contribution in [2.45, 2.75) is 0 Å². The smallest absolute Gasteiger partial charge is 0.0547 e. The van der Waals surface area contributed by atoms with Crippen LogP contribution in [0.3, 0.4) is 0 Å². The fraction of sp³-hybridized carbons (Fsp3) is 0. The van der Waals surface area contributed by atoms with Gasteiger partial charge in [0.2, 0.25) is 0 Å². The van der Waals surface area contributed by atoms with E-state index < -0.39 is 0 Å². The number of aromatic nitrogens is 1. The van der Waals surface area contributed by atoms with Gasteiger partial charge in [0, 0.05) is 16.5 Å². The lowest BCUT2D eigenvalue weighted by Crippen LogP contribution is -1.93. The summed E-state index contributed by atoms with van der Waals surface area (Å²) in [5, 5.41) is 5.21. The maximum Gasteiger partial charge on any atom is 0.0547 e. The van der Waals surface area contributed by atoms with Crippen molar-refractivity contribution in [3.63, 3.8) is 0 Å². The van der Waals surface area contributed by atoms with Crippen molar-refractivity contribution in [1.82, 2.24) is 4.57 Å². The summed E-state index contributed by atoms with van der Waals surface area (Å²) in [6.45, 7) is 0. The molecule has 1 heterocycles. The highest BCUT2D eigenvalue weighted by Gasteiger charge is 2.14. The lowest BCUT2D eigenvalue weighted by atomic mass is 10.0. The van der Waals surface area contributed by atoms with Gasteiger partial charge in [0.15, 0.2) is 0 Å². The fourth-order valence-electron chi connectivity index (χ4n) is 4.45. The third-order valence-corrected chi connectivity index (χ3v) is 5.79. The van der Waals surface area contributed by atoms with E-state index in [-0.39, 0.29) is 0 Å². The summed E-state index contributed by atoms with van der Waals surface area (Å²) in [6.07, 6.45) is 0. The number of rotatable bonds is 2. The van der Waals surface area contributed by atoms with Gasteiger partial charge < -0.3 is 4.57 Å². The number of nitrogens with zero attached hydrogens (tertiary/aromatic N) is 1. The van der Waals surface area contributed by atoms with Crippen LogP contribution >= 0.6 is 0 Å². The van der Waals surface area contributed by atoms with Crippen LogP contribution in [0.25, 0.3) is 49.4 Å². The maximum atomic E-state index is 2.38. The molecule has 0 atom stereocenters. The molecule has 0 bridgehead atoms. The highest BCUT2D eigenvalue weighted by atomic mass is 15.0. The molecule has 0 amide bonds. The molecule has 136 valence electrons. The molecular formula is C28H19N. The lowest BCUT2D eigenvalue weighted by molar-refractivity contribution is 1.18. The van der Waals surface area contributed by atoms with E-state index in [1.165, 1.54) is 49.4 Å². The third kappa shape index (κ3) is 2.48. The van der Waals surface area contributed by atoms with Crippen LogP contribution in [0.15, 0.2) is 115 Å². The fourth-order valence-corrected chi connectivity index (χ4v) is 4.45. The van der Waals surface area contributed by atoms with Crippen LogP contribution in [-0.4, -0.2) is 4.57 Å². The summed E-state index contributed by atoms with van der Waals surface area (Å²) < 4.78 is 2.38. The molecule has 1 aromatic heterocycles. The van der Waals surface area contributed by atoms with Gasteiger partial charge in [-0.15, -0.1) is 0 Å². The van der Waals surface area contributed by atoms with Gasteiger partial charge in [0.05, 0.1) is 11.0 Å². The minimum Gasteiger partial charge on any atom is -0.309 e. The van der Waals surface area contributed by atoms with E-state index in [0.717, 1.165) is 0 Å². The number of para-hydroxylation sites is 1. The predicted molar refractivity (Wildman–Crippen MR) is 124 cm³/mol. The summed E-state index contributed by atoms with van der Waals surface area (Å²) in [6, 6.07) is 41.3. The van der Waals surface area contributed by atoms with E-state index in [9.17, 15) is 0 Å². The maximum absolute atomic E-state index is 2.38. The van der Waals surface area contributed by atoms with Gasteiger partial charge in [-0.25, -0.2) is 0 Å². The Morgan fingerprint density at radius 1 is 0.414 bits per heavy atom. The largest absolute Gasteiger partial charge is 0.309 e. The zero-order chi connectivity index (χ0) is 19.2. The van der Waals surface area contributed by atoms with E-state index in [0.29, 0.717) is 0 Å². The molecule has 6 rings (SSSR count). The third-order valence-electron chi connectivity index (χ3n) is 5.79. The Bertz CT molecular complexity index is 1470. The second-order valence-corrected chi connectivity index (χ2v) is 7.45. The zero-order valence-electron chi connectivity index (χ0n) is 15.9. The standard InChI is InChI=1S/C28H19N/c1-2-8-20(9-3-1)21-14-17-23(18-15-21)29-26-13-7-6-12-25(26)28-24-11-5-4-10-22(24)16-19-27(28)29/h1-19H. The first-order chi connectivity index (χ1) is 14.4. The van der Waals surface area contributed by atoms with E-state index >= 15 is 0 Å². The van der Waals surface area contributed by atoms with Crippen LogP contribution in [-0.2, 0) is 0 Å². The van der Waals surface area contributed by atoms with Gasteiger partial charge in [-0.3, -0.25) is 0 Å². The molecule has 0 aliphatic heterocycles. The summed E-state index contributed by atoms with van der Waals surface area (Å²) >= 11 is 0. The molecule has 0 unspecified atom stereocenters. The number of hydrogen-bond acceptors (Lipinski definition) is 0. The van der Waals surface area contributed by atoms with Crippen molar-refractivity contribution >= 4 is 32.6 Å². The Labute approximate surface area is 169 Å². The molecule has 5 aromatic carbocycles. The number of benzene rings is 5. The van der Waals surface area contributed by atoms with Crippen LogP contribution in [0.1, 0.15) is 0 Å². The van der Waals surface area contributed by atoms with Crippen LogP contribution in [0.2, 0.25) is 0 Å². The Morgan fingerprint density at radius 2 is 1.07 bits per heavy atom. The second kappa shape index (κ2) is 6.35. The van der Waals surface area contributed by atoms with Gasteiger partial charge in [0.1, 0.15) is 0 Å². The van der Waals surface area contributed by atoms with E-state index in [2.05, 4.69) is 120 Å². The van der Waals surface area contributed by atoms with Crippen molar-refractivity contribution in [3.05, 3.63) is 115 Å². The van der Waals surface area contributed by atoms with Crippen LogP contribution in [0.5, 0.6) is 0 Å². The van der Waals surface area contributed by atoms with Crippen molar-refractivity contribution in [3.8, 4) is 16.8 Å². The average Bonchev–Trinajstić information content (AvgIpc) is 3.15. The topological polar surface area (TPSA) is 4.93 Å². The van der Waals surface area contributed by atoms with Gasteiger partial charge in [-0.1, -0.05) is 91.0 Å². The molecule has 0 aliphatic carbocycles. The van der Waals surface area contributed by atoms with Gasteiger partial charge in [-0.2, -0.15) is 0 Å². The number of hydrogen-bond donors (Lipinski definition) is 0. The van der Waals surface area contributed by atoms with Crippen molar-refractivity contribution in [1.29, 1.82) is 0 Å². The Kier molecular flexibility index (Phi) is 3.54. The van der Waals surface area contributed by atoms with Gasteiger partial charge >= 0.3 is 0 Å². The van der Waals surface area contributed by atoms with E-state index in [1.54, 1.807) is 0 Å².